The number of aromatic nitrogens is 1. The summed E-state index contributed by atoms with van der Waals surface area (Å²) in [5.74, 6) is 0.692. The van der Waals surface area contributed by atoms with Gasteiger partial charge in [-0.05, 0) is 25.0 Å². The van der Waals surface area contributed by atoms with E-state index in [9.17, 15) is 0 Å². The predicted molar refractivity (Wildman–Crippen MR) is 96.5 cm³/mol. The number of rotatable bonds is 6. The summed E-state index contributed by atoms with van der Waals surface area (Å²) in [4.78, 5) is 4.21. The van der Waals surface area contributed by atoms with Gasteiger partial charge < -0.3 is 19.6 Å². The molecule has 5 heteroatoms. The van der Waals surface area contributed by atoms with E-state index in [1.54, 1.807) is 0 Å². The fourth-order valence-electron chi connectivity index (χ4n) is 3.45. The highest BCUT2D eigenvalue weighted by atomic mass is 16.7. The van der Waals surface area contributed by atoms with Crippen LogP contribution in [0, 0.1) is 0 Å². The van der Waals surface area contributed by atoms with Crippen LogP contribution in [0.5, 0.6) is 5.75 Å². The monoisotopic (exact) mass is 338 g/mol. The Balaban J connectivity index is 1.53. The molecule has 0 atom stereocenters. The quantitative estimate of drug-likeness (QED) is 0.536. The van der Waals surface area contributed by atoms with E-state index in [4.69, 9.17) is 19.6 Å². The van der Waals surface area contributed by atoms with Gasteiger partial charge in [0, 0.05) is 17.5 Å². The number of oxazole rings is 1. The van der Waals surface area contributed by atoms with Crippen molar-refractivity contribution in [3.63, 3.8) is 0 Å². The number of fused-ring (bicyclic) bond motifs is 1. The van der Waals surface area contributed by atoms with Crippen molar-refractivity contribution >= 4 is 16.8 Å². The Morgan fingerprint density at radius 1 is 1.08 bits per heavy atom. The van der Waals surface area contributed by atoms with Crippen molar-refractivity contribution in [2.45, 2.75) is 38.2 Å². The first-order valence-corrected chi connectivity index (χ1v) is 8.74. The molecule has 1 heterocycles. The number of nitrogens with two attached hydrogens (primary N) is 1. The molecule has 0 radical (unpaired) electrons. The maximum Gasteiger partial charge on any atom is 0.189 e. The molecule has 2 N–H and O–H groups in total. The van der Waals surface area contributed by atoms with E-state index in [2.05, 4.69) is 4.98 Å². The van der Waals surface area contributed by atoms with Gasteiger partial charge in [0.25, 0.3) is 0 Å². The molecule has 0 saturated heterocycles. The molecule has 1 aromatic heterocycles. The molecule has 2 aromatic carbocycles. The maximum atomic E-state index is 6.15. The number of benzene rings is 2. The largest absolute Gasteiger partial charge is 0.465 e. The summed E-state index contributed by atoms with van der Waals surface area (Å²) >= 11 is 0. The van der Waals surface area contributed by atoms with Crippen LogP contribution in [0.1, 0.15) is 36.8 Å². The van der Waals surface area contributed by atoms with E-state index < -0.39 is 0 Å². The molecule has 4 rings (SSSR count). The second kappa shape index (κ2) is 7.15. The van der Waals surface area contributed by atoms with Crippen LogP contribution < -0.4 is 10.5 Å². The van der Waals surface area contributed by atoms with E-state index in [1.165, 1.54) is 19.2 Å². The van der Waals surface area contributed by atoms with Crippen molar-refractivity contribution < 1.29 is 13.9 Å². The van der Waals surface area contributed by atoms with Gasteiger partial charge in [-0.2, -0.15) is 0 Å². The molecule has 0 bridgehead atoms. The zero-order valence-corrected chi connectivity index (χ0v) is 14.1. The van der Waals surface area contributed by atoms with Crippen LogP contribution in [0.15, 0.2) is 47.2 Å². The average molecular weight is 338 g/mol. The molecule has 0 spiro atoms. The van der Waals surface area contributed by atoms with Gasteiger partial charge in [-0.15, -0.1) is 0 Å². The molecule has 1 fully saturated rings. The number of nitrogen functional groups attached to an aromatic ring is 1. The van der Waals surface area contributed by atoms with E-state index in [1.807, 2.05) is 36.4 Å². The van der Waals surface area contributed by atoms with Crippen molar-refractivity contribution in [3.05, 3.63) is 53.9 Å². The van der Waals surface area contributed by atoms with Crippen LogP contribution in [0.2, 0.25) is 0 Å². The van der Waals surface area contributed by atoms with Crippen LogP contribution in [-0.2, 0) is 11.2 Å². The number of hydrogen-bond acceptors (Lipinski definition) is 5. The molecule has 0 aliphatic heterocycles. The van der Waals surface area contributed by atoms with Crippen molar-refractivity contribution in [1.29, 1.82) is 0 Å². The molecule has 0 unspecified atom stereocenters. The number of para-hydroxylation sites is 2. The summed E-state index contributed by atoms with van der Waals surface area (Å²) < 4.78 is 17.3. The third-order valence-electron chi connectivity index (χ3n) is 4.76. The second-order valence-electron chi connectivity index (χ2n) is 6.47. The summed E-state index contributed by atoms with van der Waals surface area (Å²) in [7, 11) is 0. The van der Waals surface area contributed by atoms with Gasteiger partial charge in [0.2, 0.25) is 0 Å². The third kappa shape index (κ3) is 3.46. The molecule has 130 valence electrons. The zero-order valence-electron chi connectivity index (χ0n) is 14.1. The van der Waals surface area contributed by atoms with Gasteiger partial charge >= 0.3 is 0 Å². The lowest BCUT2D eigenvalue weighted by atomic mass is 10.0. The molecular formula is C20H22N2O3. The number of ether oxygens (including phenoxy) is 2. The van der Waals surface area contributed by atoms with E-state index in [-0.39, 0.29) is 6.79 Å². The smallest absolute Gasteiger partial charge is 0.189 e. The number of anilines is 1. The molecule has 0 amide bonds. The van der Waals surface area contributed by atoms with Gasteiger partial charge in [-0.3, -0.25) is 0 Å². The first-order valence-electron chi connectivity index (χ1n) is 8.74. The summed E-state index contributed by atoms with van der Waals surface area (Å²) in [5, 5.41) is 0. The summed E-state index contributed by atoms with van der Waals surface area (Å²) in [6.45, 7) is 0.235. The molecule has 1 aliphatic rings. The summed E-state index contributed by atoms with van der Waals surface area (Å²) in [6, 6.07) is 11.8. The normalized spacial score (nSPS) is 15.0. The van der Waals surface area contributed by atoms with E-state index in [0.717, 1.165) is 35.1 Å². The topological polar surface area (TPSA) is 70.5 Å². The van der Waals surface area contributed by atoms with Crippen LogP contribution >= 0.6 is 0 Å². The van der Waals surface area contributed by atoms with Crippen molar-refractivity contribution in [2.75, 3.05) is 12.5 Å². The highest BCUT2D eigenvalue weighted by Crippen LogP contribution is 2.31. The van der Waals surface area contributed by atoms with E-state index >= 15 is 0 Å². The Kier molecular flexibility index (Phi) is 4.57. The molecule has 1 saturated carbocycles. The number of hydrogen-bond donors (Lipinski definition) is 1. The molecule has 25 heavy (non-hydrogen) atoms. The van der Waals surface area contributed by atoms with Crippen molar-refractivity contribution in [2.24, 2.45) is 0 Å². The Bertz CT molecular complexity index is 853. The lowest BCUT2D eigenvalue weighted by Crippen LogP contribution is -2.14. The molecule has 3 aromatic rings. The van der Waals surface area contributed by atoms with Crippen LogP contribution in [0.4, 0.5) is 5.69 Å². The Morgan fingerprint density at radius 3 is 2.76 bits per heavy atom. The standard InChI is InChI=1S/C20H22N2O3/c21-17-9-3-5-14(19(17)25-13-24-16-7-1-2-8-16)11-15-6-4-10-18-20(15)23-12-22-18/h3-6,9-10,12,16H,1-2,7-8,11,13,21H2. The average Bonchev–Trinajstić information content (AvgIpc) is 3.29. The zero-order chi connectivity index (χ0) is 17.1. The third-order valence-corrected chi connectivity index (χ3v) is 4.76. The lowest BCUT2D eigenvalue weighted by Gasteiger charge is -2.16. The Morgan fingerprint density at radius 2 is 1.88 bits per heavy atom. The van der Waals surface area contributed by atoms with Gasteiger partial charge in [0.1, 0.15) is 11.3 Å². The van der Waals surface area contributed by atoms with Gasteiger partial charge in [0.15, 0.2) is 18.8 Å². The van der Waals surface area contributed by atoms with Gasteiger partial charge in [0.05, 0.1) is 11.8 Å². The molecular weight excluding hydrogens is 316 g/mol. The number of nitrogens with zero attached hydrogens (tertiary/aromatic N) is 1. The van der Waals surface area contributed by atoms with Crippen molar-refractivity contribution in [3.8, 4) is 5.75 Å². The van der Waals surface area contributed by atoms with Gasteiger partial charge in [-0.1, -0.05) is 37.1 Å². The highest BCUT2D eigenvalue weighted by molar-refractivity contribution is 5.76. The minimum Gasteiger partial charge on any atom is -0.465 e. The summed E-state index contributed by atoms with van der Waals surface area (Å²) in [5.41, 5.74) is 10.5. The van der Waals surface area contributed by atoms with Crippen LogP contribution in [0.25, 0.3) is 11.1 Å². The predicted octanol–water partition coefficient (Wildman–Crippen LogP) is 4.30. The molecule has 5 nitrogen and oxygen atoms in total. The minimum absolute atomic E-state index is 0.235. The Hall–Kier alpha value is -2.53. The fraction of sp³-hybridized carbons (Fsp3) is 0.350. The molecule has 1 aliphatic carbocycles. The SMILES string of the molecule is Nc1cccc(Cc2cccc3ncoc23)c1OCOC1CCCC1. The first kappa shape index (κ1) is 16.0. The fourth-order valence-corrected chi connectivity index (χ4v) is 3.45. The van der Waals surface area contributed by atoms with E-state index in [0.29, 0.717) is 24.0 Å². The lowest BCUT2D eigenvalue weighted by molar-refractivity contribution is -0.0325. The first-order chi connectivity index (χ1) is 12.3. The van der Waals surface area contributed by atoms with Crippen LogP contribution in [-0.4, -0.2) is 17.9 Å². The van der Waals surface area contributed by atoms with Crippen LogP contribution in [0.3, 0.4) is 0 Å². The second-order valence-corrected chi connectivity index (χ2v) is 6.47. The van der Waals surface area contributed by atoms with Gasteiger partial charge in [-0.25, -0.2) is 4.98 Å². The Labute approximate surface area is 146 Å². The minimum atomic E-state index is 0.235. The summed E-state index contributed by atoms with van der Waals surface area (Å²) in [6.07, 6.45) is 7.17. The van der Waals surface area contributed by atoms with Crippen molar-refractivity contribution in [1.82, 2.24) is 4.98 Å². The highest BCUT2D eigenvalue weighted by Gasteiger charge is 2.16. The maximum absolute atomic E-state index is 6.15.